The Kier molecular flexibility index (Phi) is 10.1. The van der Waals surface area contributed by atoms with E-state index in [0.717, 1.165) is 25.3 Å². The average molecular weight is 420 g/mol. The van der Waals surface area contributed by atoms with Gasteiger partial charge in [-0.2, -0.15) is 0 Å². The molecule has 1 atom stereocenters. The molecule has 1 unspecified atom stereocenters. The summed E-state index contributed by atoms with van der Waals surface area (Å²) in [6.45, 7) is 5.81. The Balaban J connectivity index is 0.00000242. The highest BCUT2D eigenvalue weighted by molar-refractivity contribution is 14.0. The van der Waals surface area contributed by atoms with Gasteiger partial charge < -0.3 is 10.6 Å². The summed E-state index contributed by atoms with van der Waals surface area (Å²) in [4.78, 5) is 7.04. The van der Waals surface area contributed by atoms with Gasteiger partial charge in [0, 0.05) is 25.7 Å². The van der Waals surface area contributed by atoms with Gasteiger partial charge in [-0.15, -0.1) is 24.0 Å². The van der Waals surface area contributed by atoms with E-state index in [1.54, 1.807) is 0 Å². The van der Waals surface area contributed by atoms with E-state index in [4.69, 9.17) is 0 Å². The van der Waals surface area contributed by atoms with Gasteiger partial charge in [-0.05, 0) is 45.2 Å². The predicted octanol–water partition coefficient (Wildman–Crippen LogP) is 3.14. The number of rotatable bonds is 6. The molecule has 2 aliphatic rings. The minimum absolute atomic E-state index is 0. The molecule has 1 fully saturated rings. The van der Waals surface area contributed by atoms with Gasteiger partial charge in [-0.3, -0.25) is 9.89 Å². The fraction of sp³-hybridized carbons (Fsp3) is 0.824. The maximum absolute atomic E-state index is 4.37. The Bertz CT molecular complexity index is 349. The van der Waals surface area contributed by atoms with Crippen molar-refractivity contribution in [1.29, 1.82) is 0 Å². The van der Waals surface area contributed by atoms with Crippen LogP contribution in [0.3, 0.4) is 0 Å². The van der Waals surface area contributed by atoms with Crippen LogP contribution in [0, 0.1) is 0 Å². The standard InChI is InChI=1S/C17H32N4.HI/c1-3-4-12-21-13-8-7-11-16(21)14-19-17(18-2)20-15-9-5-6-10-15;/h5-6,15-16H,3-4,7-14H2,1-2H3,(H2,18,19,20);1H. The molecule has 0 aromatic carbocycles. The maximum Gasteiger partial charge on any atom is 0.191 e. The van der Waals surface area contributed by atoms with Gasteiger partial charge in [0.25, 0.3) is 0 Å². The number of likely N-dealkylation sites (tertiary alicyclic amines) is 1. The van der Waals surface area contributed by atoms with E-state index in [1.165, 1.54) is 45.2 Å². The van der Waals surface area contributed by atoms with Crippen molar-refractivity contribution in [3.8, 4) is 0 Å². The highest BCUT2D eigenvalue weighted by atomic mass is 127. The maximum atomic E-state index is 4.37. The molecule has 22 heavy (non-hydrogen) atoms. The van der Waals surface area contributed by atoms with Gasteiger partial charge in [-0.25, -0.2) is 0 Å². The smallest absolute Gasteiger partial charge is 0.191 e. The molecule has 1 saturated heterocycles. The molecule has 0 spiro atoms. The Morgan fingerprint density at radius 3 is 2.73 bits per heavy atom. The molecule has 4 nitrogen and oxygen atoms in total. The first-order chi connectivity index (χ1) is 10.3. The normalized spacial score (nSPS) is 23.4. The molecule has 0 aromatic rings. The lowest BCUT2D eigenvalue weighted by atomic mass is 10.0. The van der Waals surface area contributed by atoms with Gasteiger partial charge in [0.15, 0.2) is 5.96 Å². The molecule has 0 aromatic heterocycles. The van der Waals surface area contributed by atoms with Crippen LogP contribution in [0.25, 0.3) is 0 Å². The van der Waals surface area contributed by atoms with Crippen LogP contribution < -0.4 is 10.6 Å². The first kappa shape index (κ1) is 19.7. The average Bonchev–Trinajstić information content (AvgIpc) is 3.03. The van der Waals surface area contributed by atoms with Crippen molar-refractivity contribution >= 4 is 29.9 Å². The van der Waals surface area contributed by atoms with Gasteiger partial charge in [0.1, 0.15) is 0 Å². The van der Waals surface area contributed by atoms with Crippen molar-refractivity contribution in [2.75, 3.05) is 26.7 Å². The molecule has 2 N–H and O–H groups in total. The zero-order valence-corrected chi connectivity index (χ0v) is 16.5. The second kappa shape index (κ2) is 11.3. The Hall–Kier alpha value is -0.300. The number of nitrogens with one attached hydrogen (secondary N) is 2. The lowest BCUT2D eigenvalue weighted by Crippen LogP contribution is -2.50. The fourth-order valence-corrected chi connectivity index (χ4v) is 3.28. The predicted molar refractivity (Wildman–Crippen MR) is 106 cm³/mol. The van der Waals surface area contributed by atoms with E-state index in [9.17, 15) is 0 Å². The molecule has 0 amide bonds. The largest absolute Gasteiger partial charge is 0.355 e. The third kappa shape index (κ3) is 6.44. The van der Waals surface area contributed by atoms with Crippen molar-refractivity contribution in [1.82, 2.24) is 15.5 Å². The van der Waals surface area contributed by atoms with Crippen LogP contribution in [0.15, 0.2) is 17.1 Å². The zero-order valence-electron chi connectivity index (χ0n) is 14.2. The number of unbranched alkanes of at least 4 members (excludes halogenated alkanes) is 1. The number of hydrogen-bond acceptors (Lipinski definition) is 2. The van der Waals surface area contributed by atoms with Gasteiger partial charge in [-0.1, -0.05) is 31.9 Å². The molecule has 0 bridgehead atoms. The second-order valence-electron chi connectivity index (χ2n) is 6.28. The van der Waals surface area contributed by atoms with E-state index in [0.29, 0.717) is 12.1 Å². The van der Waals surface area contributed by atoms with Crippen LogP contribution in [0.2, 0.25) is 0 Å². The van der Waals surface area contributed by atoms with E-state index >= 15 is 0 Å². The SMILES string of the molecule is CCCCN1CCCCC1CNC(=NC)NC1CC=CC1.I. The number of piperidine rings is 1. The minimum Gasteiger partial charge on any atom is -0.355 e. The molecule has 1 heterocycles. The van der Waals surface area contributed by atoms with Crippen LogP contribution in [0.5, 0.6) is 0 Å². The van der Waals surface area contributed by atoms with Crippen molar-refractivity contribution in [2.24, 2.45) is 4.99 Å². The van der Waals surface area contributed by atoms with Crippen molar-refractivity contribution in [3.05, 3.63) is 12.2 Å². The summed E-state index contributed by atoms with van der Waals surface area (Å²) in [6.07, 6.45) is 13.4. The molecule has 128 valence electrons. The zero-order chi connectivity index (χ0) is 14.9. The van der Waals surface area contributed by atoms with Crippen LogP contribution >= 0.6 is 24.0 Å². The summed E-state index contributed by atoms with van der Waals surface area (Å²) in [7, 11) is 1.87. The van der Waals surface area contributed by atoms with Crippen LogP contribution in [-0.4, -0.2) is 49.6 Å². The third-order valence-corrected chi connectivity index (χ3v) is 4.63. The summed E-state index contributed by atoms with van der Waals surface area (Å²) < 4.78 is 0. The first-order valence-electron chi connectivity index (χ1n) is 8.69. The van der Waals surface area contributed by atoms with Crippen molar-refractivity contribution in [2.45, 2.75) is 64.0 Å². The van der Waals surface area contributed by atoms with Gasteiger partial charge in [0.05, 0.1) is 0 Å². The second-order valence-corrected chi connectivity index (χ2v) is 6.28. The molecule has 1 aliphatic heterocycles. The highest BCUT2D eigenvalue weighted by Gasteiger charge is 2.22. The Labute approximate surface area is 153 Å². The lowest BCUT2D eigenvalue weighted by Gasteiger charge is -2.36. The molecule has 0 radical (unpaired) electrons. The summed E-state index contributed by atoms with van der Waals surface area (Å²) >= 11 is 0. The van der Waals surface area contributed by atoms with E-state index < -0.39 is 0 Å². The molecular formula is C17H33IN4. The fourth-order valence-electron chi connectivity index (χ4n) is 3.28. The van der Waals surface area contributed by atoms with Gasteiger partial charge in [0.2, 0.25) is 0 Å². The van der Waals surface area contributed by atoms with Crippen molar-refractivity contribution < 1.29 is 0 Å². The Morgan fingerprint density at radius 2 is 2.05 bits per heavy atom. The third-order valence-electron chi connectivity index (χ3n) is 4.63. The molecule has 0 saturated carbocycles. The quantitative estimate of drug-likeness (QED) is 0.300. The van der Waals surface area contributed by atoms with E-state index in [1.807, 2.05) is 7.05 Å². The number of hydrogen-bond donors (Lipinski definition) is 2. The number of nitrogens with zero attached hydrogens (tertiary/aromatic N) is 2. The molecular weight excluding hydrogens is 387 g/mol. The summed E-state index contributed by atoms with van der Waals surface area (Å²) in [5.74, 6) is 0.963. The van der Waals surface area contributed by atoms with Gasteiger partial charge >= 0.3 is 0 Å². The number of aliphatic imine (C=N–C) groups is 1. The van der Waals surface area contributed by atoms with E-state index in [2.05, 4.69) is 39.6 Å². The summed E-state index contributed by atoms with van der Waals surface area (Å²) in [5.41, 5.74) is 0. The van der Waals surface area contributed by atoms with E-state index in [-0.39, 0.29) is 24.0 Å². The Morgan fingerprint density at radius 1 is 1.27 bits per heavy atom. The molecule has 2 rings (SSSR count). The van der Waals surface area contributed by atoms with Crippen LogP contribution in [0.4, 0.5) is 0 Å². The number of guanidine groups is 1. The highest BCUT2D eigenvalue weighted by Crippen LogP contribution is 2.17. The first-order valence-corrected chi connectivity index (χ1v) is 8.69. The monoisotopic (exact) mass is 420 g/mol. The minimum atomic E-state index is 0. The molecule has 5 heteroatoms. The van der Waals surface area contributed by atoms with Crippen LogP contribution in [-0.2, 0) is 0 Å². The lowest BCUT2D eigenvalue weighted by molar-refractivity contribution is 0.147. The number of halogens is 1. The van der Waals surface area contributed by atoms with Crippen molar-refractivity contribution in [3.63, 3.8) is 0 Å². The summed E-state index contributed by atoms with van der Waals surface area (Å²) in [5, 5.41) is 7.06. The van der Waals surface area contributed by atoms with Crippen LogP contribution in [0.1, 0.15) is 51.9 Å². The topological polar surface area (TPSA) is 39.7 Å². The molecule has 1 aliphatic carbocycles. The summed E-state index contributed by atoms with van der Waals surface area (Å²) in [6, 6.07) is 1.20.